The van der Waals surface area contributed by atoms with Gasteiger partial charge >= 0.3 is 0 Å². The van der Waals surface area contributed by atoms with Crippen molar-refractivity contribution in [3.63, 3.8) is 0 Å². The maximum absolute atomic E-state index is 5.84. The third-order valence-electron chi connectivity index (χ3n) is 2.26. The standard InChI is InChI=1S/C10H11BrN4/c1-6-10(11)7(2)15(14-6)9-3-4-13-5-8(9)12/h3-5H,12H2,1-2H3. The molecule has 0 aliphatic carbocycles. The highest BCUT2D eigenvalue weighted by Gasteiger charge is 2.11. The Morgan fingerprint density at radius 3 is 2.67 bits per heavy atom. The lowest BCUT2D eigenvalue weighted by Crippen LogP contribution is -2.03. The third kappa shape index (κ3) is 1.63. The number of anilines is 1. The van der Waals surface area contributed by atoms with Crippen LogP contribution in [-0.4, -0.2) is 14.8 Å². The van der Waals surface area contributed by atoms with E-state index in [4.69, 9.17) is 5.73 Å². The van der Waals surface area contributed by atoms with Crippen LogP contribution in [-0.2, 0) is 0 Å². The van der Waals surface area contributed by atoms with Crippen molar-refractivity contribution in [2.24, 2.45) is 0 Å². The van der Waals surface area contributed by atoms with Crippen LogP contribution in [0.25, 0.3) is 5.69 Å². The van der Waals surface area contributed by atoms with Gasteiger partial charge in [0.15, 0.2) is 0 Å². The molecule has 2 aromatic rings. The molecule has 0 spiro atoms. The summed E-state index contributed by atoms with van der Waals surface area (Å²) in [7, 11) is 0. The summed E-state index contributed by atoms with van der Waals surface area (Å²) in [6.07, 6.45) is 3.33. The molecule has 0 atom stereocenters. The predicted octanol–water partition coefficient (Wildman–Crippen LogP) is 2.23. The molecule has 0 amide bonds. The van der Waals surface area contributed by atoms with Gasteiger partial charge in [0.05, 0.1) is 33.4 Å². The lowest BCUT2D eigenvalue weighted by molar-refractivity contribution is 0.833. The zero-order valence-electron chi connectivity index (χ0n) is 8.53. The zero-order chi connectivity index (χ0) is 11.0. The number of nitrogens with two attached hydrogens (primary N) is 1. The summed E-state index contributed by atoms with van der Waals surface area (Å²) in [5.74, 6) is 0. The van der Waals surface area contributed by atoms with Crippen molar-refractivity contribution >= 4 is 21.6 Å². The molecule has 0 radical (unpaired) electrons. The van der Waals surface area contributed by atoms with Crippen LogP contribution in [0.5, 0.6) is 0 Å². The molecule has 0 aliphatic rings. The molecule has 4 nitrogen and oxygen atoms in total. The average molecular weight is 267 g/mol. The highest BCUT2D eigenvalue weighted by atomic mass is 79.9. The Morgan fingerprint density at radius 2 is 2.13 bits per heavy atom. The van der Waals surface area contributed by atoms with E-state index in [9.17, 15) is 0 Å². The number of halogens is 1. The van der Waals surface area contributed by atoms with Crippen molar-refractivity contribution in [3.8, 4) is 5.69 Å². The molecule has 2 rings (SSSR count). The Morgan fingerprint density at radius 1 is 1.40 bits per heavy atom. The largest absolute Gasteiger partial charge is 0.396 e. The summed E-state index contributed by atoms with van der Waals surface area (Å²) < 4.78 is 2.83. The fourth-order valence-electron chi connectivity index (χ4n) is 1.45. The van der Waals surface area contributed by atoms with E-state index in [-0.39, 0.29) is 0 Å². The molecule has 15 heavy (non-hydrogen) atoms. The quantitative estimate of drug-likeness (QED) is 0.861. The van der Waals surface area contributed by atoms with Gasteiger partial charge in [0.25, 0.3) is 0 Å². The number of hydrogen-bond donors (Lipinski definition) is 1. The lowest BCUT2D eigenvalue weighted by atomic mass is 10.3. The first-order valence-corrected chi connectivity index (χ1v) is 5.32. The molecule has 0 aromatic carbocycles. The molecule has 0 fully saturated rings. The molecule has 78 valence electrons. The van der Waals surface area contributed by atoms with Gasteiger partial charge < -0.3 is 5.73 Å². The minimum absolute atomic E-state index is 0.621. The van der Waals surface area contributed by atoms with Gasteiger partial charge in [0, 0.05) is 6.20 Å². The maximum atomic E-state index is 5.84. The van der Waals surface area contributed by atoms with E-state index in [0.717, 1.165) is 21.5 Å². The molecule has 0 aliphatic heterocycles. The second kappa shape index (κ2) is 3.66. The van der Waals surface area contributed by atoms with Gasteiger partial charge in [-0.3, -0.25) is 4.98 Å². The normalized spacial score (nSPS) is 10.6. The number of nitrogens with zero attached hydrogens (tertiary/aromatic N) is 3. The number of pyridine rings is 1. The van der Waals surface area contributed by atoms with Gasteiger partial charge in [0.1, 0.15) is 0 Å². The predicted molar refractivity (Wildman–Crippen MR) is 62.9 cm³/mol. The van der Waals surface area contributed by atoms with Crippen molar-refractivity contribution in [2.45, 2.75) is 13.8 Å². The highest BCUT2D eigenvalue weighted by molar-refractivity contribution is 9.10. The average Bonchev–Trinajstić information content (AvgIpc) is 2.47. The van der Waals surface area contributed by atoms with Crippen LogP contribution in [0.1, 0.15) is 11.4 Å². The van der Waals surface area contributed by atoms with Gasteiger partial charge in [-0.05, 0) is 35.8 Å². The van der Waals surface area contributed by atoms with Crippen LogP contribution in [0.4, 0.5) is 5.69 Å². The van der Waals surface area contributed by atoms with Gasteiger partial charge in [-0.1, -0.05) is 0 Å². The molecule has 5 heteroatoms. The molecular formula is C10H11BrN4. The van der Waals surface area contributed by atoms with Crippen molar-refractivity contribution < 1.29 is 0 Å². The van der Waals surface area contributed by atoms with Crippen LogP contribution in [0.2, 0.25) is 0 Å². The van der Waals surface area contributed by atoms with Crippen LogP contribution in [0, 0.1) is 13.8 Å². The van der Waals surface area contributed by atoms with E-state index < -0.39 is 0 Å². The summed E-state index contributed by atoms with van der Waals surface area (Å²) in [6, 6.07) is 1.85. The summed E-state index contributed by atoms with van der Waals surface area (Å²) in [5, 5.41) is 4.40. The Labute approximate surface area is 96.3 Å². The lowest BCUT2D eigenvalue weighted by Gasteiger charge is -2.06. The summed E-state index contributed by atoms with van der Waals surface area (Å²) in [5.41, 5.74) is 9.30. The first-order valence-electron chi connectivity index (χ1n) is 4.53. The Balaban J connectivity index is 2.65. The van der Waals surface area contributed by atoms with Crippen LogP contribution < -0.4 is 5.73 Å². The zero-order valence-corrected chi connectivity index (χ0v) is 10.1. The van der Waals surface area contributed by atoms with Crippen molar-refractivity contribution in [3.05, 3.63) is 34.3 Å². The SMILES string of the molecule is Cc1nn(-c2ccncc2N)c(C)c1Br. The third-order valence-corrected chi connectivity index (χ3v) is 3.41. The maximum Gasteiger partial charge on any atom is 0.0909 e. The van der Waals surface area contributed by atoms with E-state index in [1.807, 2.05) is 24.6 Å². The minimum atomic E-state index is 0.621. The Bertz CT molecular complexity index is 504. The summed E-state index contributed by atoms with van der Waals surface area (Å²) in [4.78, 5) is 3.95. The topological polar surface area (TPSA) is 56.7 Å². The van der Waals surface area contributed by atoms with Gasteiger partial charge in [-0.25, -0.2) is 4.68 Å². The smallest absolute Gasteiger partial charge is 0.0909 e. The first kappa shape index (κ1) is 10.2. The highest BCUT2D eigenvalue weighted by Crippen LogP contribution is 2.24. The van der Waals surface area contributed by atoms with E-state index in [2.05, 4.69) is 26.0 Å². The molecule has 0 saturated carbocycles. The summed E-state index contributed by atoms with van der Waals surface area (Å²) in [6.45, 7) is 3.94. The molecular weight excluding hydrogens is 256 g/mol. The van der Waals surface area contributed by atoms with E-state index in [0.29, 0.717) is 5.69 Å². The molecule has 2 aromatic heterocycles. The number of aromatic nitrogens is 3. The molecule has 0 unspecified atom stereocenters. The monoisotopic (exact) mass is 266 g/mol. The Kier molecular flexibility index (Phi) is 2.48. The Hall–Kier alpha value is -1.36. The second-order valence-electron chi connectivity index (χ2n) is 3.33. The second-order valence-corrected chi connectivity index (χ2v) is 4.12. The van der Waals surface area contributed by atoms with Crippen LogP contribution in [0.3, 0.4) is 0 Å². The fraction of sp³-hybridized carbons (Fsp3) is 0.200. The van der Waals surface area contributed by atoms with Crippen LogP contribution >= 0.6 is 15.9 Å². The number of rotatable bonds is 1. The van der Waals surface area contributed by atoms with E-state index in [1.54, 1.807) is 12.4 Å². The van der Waals surface area contributed by atoms with Crippen LogP contribution in [0.15, 0.2) is 22.9 Å². The minimum Gasteiger partial charge on any atom is -0.396 e. The van der Waals surface area contributed by atoms with Gasteiger partial charge in [-0.15, -0.1) is 0 Å². The number of hydrogen-bond acceptors (Lipinski definition) is 3. The first-order chi connectivity index (χ1) is 7.11. The fourth-order valence-corrected chi connectivity index (χ4v) is 1.70. The summed E-state index contributed by atoms with van der Waals surface area (Å²) >= 11 is 3.48. The number of nitrogen functional groups attached to an aromatic ring is 1. The molecule has 0 saturated heterocycles. The number of aryl methyl sites for hydroxylation is 1. The molecule has 2 heterocycles. The van der Waals surface area contributed by atoms with Crippen molar-refractivity contribution in [2.75, 3.05) is 5.73 Å². The molecule has 0 bridgehead atoms. The van der Waals surface area contributed by atoms with Crippen molar-refractivity contribution in [1.82, 2.24) is 14.8 Å². The van der Waals surface area contributed by atoms with Gasteiger partial charge in [-0.2, -0.15) is 5.10 Å². The van der Waals surface area contributed by atoms with Gasteiger partial charge in [0.2, 0.25) is 0 Å². The van der Waals surface area contributed by atoms with Crippen molar-refractivity contribution in [1.29, 1.82) is 0 Å². The van der Waals surface area contributed by atoms with E-state index in [1.165, 1.54) is 0 Å². The molecule has 2 N–H and O–H groups in total. The van der Waals surface area contributed by atoms with E-state index >= 15 is 0 Å².